The summed E-state index contributed by atoms with van der Waals surface area (Å²) in [6.45, 7) is 7.09. The molecule has 0 radical (unpaired) electrons. The van der Waals surface area contributed by atoms with Crippen LogP contribution in [0.25, 0.3) is 21.9 Å². The van der Waals surface area contributed by atoms with Gasteiger partial charge in [0.05, 0.1) is 0 Å². The third kappa shape index (κ3) is 8.99. The van der Waals surface area contributed by atoms with Gasteiger partial charge >= 0.3 is 18.2 Å². The zero-order chi connectivity index (χ0) is 35.9. The molecule has 0 aliphatic heterocycles. The average molecular weight is 680 g/mol. The second-order valence-electron chi connectivity index (χ2n) is 13.9. The molecular formula is C40H45N3O7. The van der Waals surface area contributed by atoms with Crippen LogP contribution in [0, 0.1) is 0 Å². The molecule has 0 fully saturated rings. The summed E-state index contributed by atoms with van der Waals surface area (Å²) < 4.78 is 11.0. The molecule has 0 heterocycles. The Morgan fingerprint density at radius 3 is 2.04 bits per heavy atom. The van der Waals surface area contributed by atoms with E-state index in [9.17, 15) is 24.3 Å². The van der Waals surface area contributed by atoms with Crippen molar-refractivity contribution in [3.63, 3.8) is 0 Å². The highest BCUT2D eigenvalue weighted by Crippen LogP contribution is 2.44. The van der Waals surface area contributed by atoms with Crippen LogP contribution >= 0.6 is 0 Å². The number of rotatable bonds is 13. The van der Waals surface area contributed by atoms with E-state index in [2.05, 4.69) is 28.1 Å². The first-order valence-corrected chi connectivity index (χ1v) is 16.9. The lowest BCUT2D eigenvalue weighted by Gasteiger charge is -2.29. The molecule has 10 heteroatoms. The van der Waals surface area contributed by atoms with Gasteiger partial charge < -0.3 is 30.5 Å². The minimum absolute atomic E-state index is 0.0638. The predicted octanol–water partition coefficient (Wildman–Crippen LogP) is 6.94. The van der Waals surface area contributed by atoms with E-state index >= 15 is 0 Å². The number of hydrogen-bond donors (Lipinski definition) is 4. The Bertz CT molecular complexity index is 1820. The van der Waals surface area contributed by atoms with E-state index in [-0.39, 0.29) is 31.9 Å². The van der Waals surface area contributed by atoms with Gasteiger partial charge in [-0.1, -0.05) is 91.0 Å². The van der Waals surface area contributed by atoms with Crippen molar-refractivity contribution in [2.24, 2.45) is 0 Å². The largest absolute Gasteiger partial charge is 0.480 e. The van der Waals surface area contributed by atoms with E-state index in [1.54, 1.807) is 20.8 Å². The molecule has 0 unspecified atom stereocenters. The van der Waals surface area contributed by atoms with Gasteiger partial charge in [0.2, 0.25) is 5.91 Å². The van der Waals surface area contributed by atoms with Gasteiger partial charge in [-0.3, -0.25) is 4.79 Å². The normalized spacial score (nSPS) is 14.1. The fourth-order valence-corrected chi connectivity index (χ4v) is 6.28. The highest BCUT2D eigenvalue weighted by Gasteiger charge is 2.37. The molecular weight excluding hydrogens is 634 g/mol. The van der Waals surface area contributed by atoms with Gasteiger partial charge in [-0.2, -0.15) is 0 Å². The van der Waals surface area contributed by atoms with Crippen molar-refractivity contribution in [3.8, 4) is 11.1 Å². The molecule has 4 aromatic carbocycles. The summed E-state index contributed by atoms with van der Waals surface area (Å²) in [5, 5.41) is 20.3. The first kappa shape index (κ1) is 35.9. The van der Waals surface area contributed by atoms with Crippen LogP contribution in [-0.4, -0.2) is 59.5 Å². The molecule has 0 saturated heterocycles. The molecule has 0 saturated carbocycles. The first-order chi connectivity index (χ1) is 23.8. The van der Waals surface area contributed by atoms with E-state index in [1.165, 1.54) is 6.92 Å². The summed E-state index contributed by atoms with van der Waals surface area (Å²) in [5.74, 6) is -2.03. The molecule has 262 valence electrons. The summed E-state index contributed by atoms with van der Waals surface area (Å²) in [6.07, 6.45) is -0.265. The number of fused-ring (bicyclic) bond motifs is 4. The Hall–Kier alpha value is -5.38. The van der Waals surface area contributed by atoms with Crippen molar-refractivity contribution < 1.29 is 33.8 Å². The number of ether oxygens (including phenoxy) is 2. The van der Waals surface area contributed by atoms with Crippen molar-refractivity contribution in [2.45, 2.75) is 76.5 Å². The number of aliphatic carboxylic acids is 1. The summed E-state index contributed by atoms with van der Waals surface area (Å²) in [6, 6.07) is 28.5. The molecule has 4 N–H and O–H groups in total. The van der Waals surface area contributed by atoms with Gasteiger partial charge in [0.25, 0.3) is 0 Å². The van der Waals surface area contributed by atoms with Crippen LogP contribution in [0.2, 0.25) is 0 Å². The Labute approximate surface area is 292 Å². The van der Waals surface area contributed by atoms with E-state index in [0.29, 0.717) is 12.8 Å². The Morgan fingerprint density at radius 2 is 1.40 bits per heavy atom. The first-order valence-electron chi connectivity index (χ1n) is 16.9. The Kier molecular flexibility index (Phi) is 11.1. The topological polar surface area (TPSA) is 143 Å². The lowest BCUT2D eigenvalue weighted by molar-refractivity contribution is -0.147. The van der Waals surface area contributed by atoms with Crippen LogP contribution in [0.1, 0.15) is 69.6 Å². The zero-order valence-corrected chi connectivity index (χ0v) is 29.0. The number of amides is 3. The number of carboxylic acid groups (broad SMARTS) is 1. The third-order valence-electron chi connectivity index (χ3n) is 8.85. The predicted molar refractivity (Wildman–Crippen MR) is 192 cm³/mol. The van der Waals surface area contributed by atoms with Gasteiger partial charge in [0, 0.05) is 18.9 Å². The van der Waals surface area contributed by atoms with E-state index < -0.39 is 41.2 Å². The fraction of sp³-hybridized carbons (Fsp3) is 0.350. The number of benzene rings is 4. The molecule has 1 aliphatic rings. The van der Waals surface area contributed by atoms with Crippen molar-refractivity contribution in [3.05, 3.63) is 108 Å². The second kappa shape index (κ2) is 15.4. The molecule has 1 aliphatic carbocycles. The molecule has 4 aromatic rings. The fourth-order valence-electron chi connectivity index (χ4n) is 6.28. The molecule has 2 atom stereocenters. The summed E-state index contributed by atoms with van der Waals surface area (Å²) in [5.41, 5.74) is 2.84. The zero-order valence-electron chi connectivity index (χ0n) is 29.0. The van der Waals surface area contributed by atoms with Crippen molar-refractivity contribution >= 4 is 34.8 Å². The van der Waals surface area contributed by atoms with Gasteiger partial charge in [0.1, 0.15) is 23.8 Å². The number of nitrogens with one attached hydrogen (secondary N) is 3. The van der Waals surface area contributed by atoms with Crippen molar-refractivity contribution in [2.75, 3.05) is 13.2 Å². The Balaban J connectivity index is 1.27. The second-order valence-corrected chi connectivity index (χ2v) is 13.9. The van der Waals surface area contributed by atoms with Gasteiger partial charge in [0.15, 0.2) is 0 Å². The maximum atomic E-state index is 13.8. The van der Waals surface area contributed by atoms with Crippen LogP contribution in [0.4, 0.5) is 9.59 Å². The van der Waals surface area contributed by atoms with Crippen molar-refractivity contribution in [1.29, 1.82) is 0 Å². The molecule has 0 spiro atoms. The Morgan fingerprint density at radius 1 is 0.780 bits per heavy atom. The molecule has 50 heavy (non-hydrogen) atoms. The van der Waals surface area contributed by atoms with E-state index in [0.717, 1.165) is 38.6 Å². The lowest BCUT2D eigenvalue weighted by Crippen LogP contribution is -2.58. The van der Waals surface area contributed by atoms with Crippen molar-refractivity contribution in [1.82, 2.24) is 16.0 Å². The van der Waals surface area contributed by atoms with E-state index in [4.69, 9.17) is 9.47 Å². The van der Waals surface area contributed by atoms with Gasteiger partial charge in [-0.25, -0.2) is 14.4 Å². The van der Waals surface area contributed by atoms with Gasteiger partial charge in [-0.05, 0) is 85.5 Å². The number of carbonyl (C=O) groups is 4. The standard InChI is InChI=1S/C40H45N3O7/c1-39(2,3)50-37(47)41-22-12-11-21-40(4,36(45)46)43-35(44)34(24-26-19-20-27-13-5-6-14-28(27)23-26)42-38(48)49-25-33-31-17-9-7-15-29(31)30-16-8-10-18-32(30)33/h5-10,13-20,23,33-34H,11-12,21-22,24-25H2,1-4H3,(H,41,47)(H,42,48)(H,43,44)(H,45,46)/t34-,40-/m0/s1. The monoisotopic (exact) mass is 679 g/mol. The molecule has 5 rings (SSSR count). The van der Waals surface area contributed by atoms with Gasteiger partial charge in [-0.15, -0.1) is 0 Å². The third-order valence-corrected chi connectivity index (χ3v) is 8.85. The average Bonchev–Trinajstić information content (AvgIpc) is 3.39. The highest BCUT2D eigenvalue weighted by molar-refractivity contribution is 5.91. The quantitative estimate of drug-likeness (QED) is 0.112. The number of hydrogen-bond acceptors (Lipinski definition) is 6. The van der Waals surface area contributed by atoms with Crippen LogP contribution in [0.5, 0.6) is 0 Å². The summed E-state index contributed by atoms with van der Waals surface area (Å²) in [4.78, 5) is 51.6. The highest BCUT2D eigenvalue weighted by atomic mass is 16.6. The number of alkyl carbamates (subject to hydrolysis) is 2. The number of carboxylic acids is 1. The van der Waals surface area contributed by atoms with E-state index in [1.807, 2.05) is 78.9 Å². The van der Waals surface area contributed by atoms with Crippen LogP contribution < -0.4 is 16.0 Å². The molecule has 10 nitrogen and oxygen atoms in total. The van der Waals surface area contributed by atoms with Crippen LogP contribution in [0.15, 0.2) is 91.0 Å². The van der Waals surface area contributed by atoms with Crippen LogP contribution in [-0.2, 0) is 25.5 Å². The molecule has 0 bridgehead atoms. The molecule has 0 aromatic heterocycles. The number of carbonyl (C=O) groups excluding carboxylic acids is 3. The lowest BCUT2D eigenvalue weighted by atomic mass is 9.93. The summed E-state index contributed by atoms with van der Waals surface area (Å²) >= 11 is 0. The number of unbranched alkanes of at least 4 members (excludes halogenated alkanes) is 1. The minimum Gasteiger partial charge on any atom is -0.480 e. The smallest absolute Gasteiger partial charge is 0.407 e. The maximum absolute atomic E-state index is 13.8. The maximum Gasteiger partial charge on any atom is 0.407 e. The summed E-state index contributed by atoms with van der Waals surface area (Å²) in [7, 11) is 0. The SMILES string of the molecule is CC(C)(C)OC(=O)NCCCC[C@](C)(NC(=O)[C@H](Cc1ccc2ccccc2c1)NC(=O)OCC1c2ccccc2-c2ccccc21)C(=O)O. The minimum atomic E-state index is -1.63. The van der Waals surface area contributed by atoms with Crippen LogP contribution in [0.3, 0.4) is 0 Å². The molecule has 3 amide bonds.